The Morgan fingerprint density at radius 2 is 2.14 bits per heavy atom. The molecule has 2 atom stereocenters. The van der Waals surface area contributed by atoms with Crippen molar-refractivity contribution < 1.29 is 33.9 Å². The normalized spacial score (nSPS) is 21.2. The number of oxime groups is 1. The minimum Gasteiger partial charge on any atom is -0.477 e. The summed E-state index contributed by atoms with van der Waals surface area (Å²) in [4.78, 5) is 58.3. The molecule has 0 radical (unpaired) electrons. The van der Waals surface area contributed by atoms with Crippen LogP contribution in [0.25, 0.3) is 0 Å². The van der Waals surface area contributed by atoms with Gasteiger partial charge in [-0.25, -0.2) is 14.6 Å². The third kappa shape index (κ3) is 3.51. The molecule has 4 N–H and O–H groups in total. The van der Waals surface area contributed by atoms with Crippen molar-refractivity contribution in [3.63, 3.8) is 0 Å². The van der Waals surface area contributed by atoms with Gasteiger partial charge in [-0.2, -0.15) is 0 Å². The smallest absolute Gasteiger partial charge is 0.353 e. The first kappa shape index (κ1) is 20.3. The van der Waals surface area contributed by atoms with E-state index in [-0.39, 0.29) is 35.0 Å². The van der Waals surface area contributed by atoms with Crippen molar-refractivity contribution in [2.75, 3.05) is 20.0 Å². The number of carbonyl (C=O) groups excluding carboxylic acids is 3. The molecule has 29 heavy (non-hydrogen) atoms. The second-order valence-electron chi connectivity index (χ2n) is 6.08. The van der Waals surface area contributed by atoms with E-state index in [2.05, 4.69) is 25.0 Å². The van der Waals surface area contributed by atoms with Gasteiger partial charge in [-0.15, -0.1) is 11.3 Å². The molecule has 3 heterocycles. The van der Waals surface area contributed by atoms with Crippen molar-refractivity contribution in [3.05, 3.63) is 22.3 Å². The van der Waals surface area contributed by atoms with E-state index in [4.69, 9.17) is 5.73 Å². The highest BCUT2D eigenvalue weighted by molar-refractivity contribution is 7.13. The number of rotatable bonds is 6. The van der Waals surface area contributed by atoms with Gasteiger partial charge >= 0.3 is 11.9 Å². The number of fused-ring (bicyclic) bond motifs is 1. The second kappa shape index (κ2) is 7.87. The highest BCUT2D eigenvalue weighted by atomic mass is 32.1. The molecule has 1 saturated heterocycles. The van der Waals surface area contributed by atoms with Gasteiger partial charge in [0, 0.05) is 5.38 Å². The first-order valence-corrected chi connectivity index (χ1v) is 9.19. The number of nitrogen functional groups attached to an aromatic ring is 1. The predicted molar refractivity (Wildman–Crippen MR) is 98.5 cm³/mol. The molecule has 2 aliphatic heterocycles. The fourth-order valence-corrected chi connectivity index (χ4v) is 3.83. The lowest BCUT2D eigenvalue weighted by molar-refractivity contribution is -0.156. The summed E-state index contributed by atoms with van der Waals surface area (Å²) in [7, 11) is 2.38. The van der Waals surface area contributed by atoms with Crippen LogP contribution in [-0.2, 0) is 28.8 Å². The summed E-state index contributed by atoms with van der Waals surface area (Å²) in [6.07, 6.45) is 0.370. The van der Waals surface area contributed by atoms with E-state index in [0.29, 0.717) is 0 Å². The number of amides is 2. The molecule has 2 aliphatic rings. The van der Waals surface area contributed by atoms with Crippen LogP contribution >= 0.6 is 11.3 Å². The second-order valence-corrected chi connectivity index (χ2v) is 6.97. The van der Waals surface area contributed by atoms with E-state index in [1.165, 1.54) is 12.5 Å². The number of aromatic nitrogens is 1. The SMILES string of the molecule is CO/N=C(/C(=O)N[C@@H]1C(=O)N2C(C(=O)O)=C(C(=O)OC)CC[C@H]12)c1csc(N)n1. The standard InChI is InChI=1S/C16H17N5O7S/c1-27-15(26)6-3-4-8-10(13(23)21(8)11(6)14(24)25)19-12(22)9(20-28-2)7-5-29-16(17)18-7/h5,8,10H,3-4H2,1-2H3,(H2,17,18)(H,19,22)(H,24,25)/b20-9+/t8-,10+/m1/s1. The van der Waals surface area contributed by atoms with Crippen LogP contribution in [0, 0.1) is 0 Å². The first-order chi connectivity index (χ1) is 13.8. The lowest BCUT2D eigenvalue weighted by Crippen LogP contribution is -2.72. The van der Waals surface area contributed by atoms with E-state index in [0.717, 1.165) is 23.3 Å². The summed E-state index contributed by atoms with van der Waals surface area (Å²) in [6.45, 7) is 0. The molecule has 2 amide bonds. The average Bonchev–Trinajstić information content (AvgIpc) is 3.13. The zero-order valence-electron chi connectivity index (χ0n) is 15.4. The molecule has 154 valence electrons. The topological polar surface area (TPSA) is 174 Å². The van der Waals surface area contributed by atoms with Crippen LogP contribution in [0.3, 0.4) is 0 Å². The van der Waals surface area contributed by atoms with Gasteiger partial charge in [0.05, 0.1) is 18.7 Å². The van der Waals surface area contributed by atoms with Gasteiger partial charge in [-0.1, -0.05) is 5.16 Å². The Balaban J connectivity index is 1.82. The number of carboxylic acids is 1. The number of hydrogen-bond donors (Lipinski definition) is 3. The van der Waals surface area contributed by atoms with Crippen molar-refractivity contribution >= 4 is 45.9 Å². The van der Waals surface area contributed by atoms with Crippen LogP contribution in [0.2, 0.25) is 0 Å². The van der Waals surface area contributed by atoms with Crippen molar-refractivity contribution in [1.82, 2.24) is 15.2 Å². The van der Waals surface area contributed by atoms with E-state index in [9.17, 15) is 24.3 Å². The number of esters is 1. The van der Waals surface area contributed by atoms with Crippen molar-refractivity contribution in [1.29, 1.82) is 0 Å². The summed E-state index contributed by atoms with van der Waals surface area (Å²) >= 11 is 1.10. The van der Waals surface area contributed by atoms with Crippen LogP contribution in [0.5, 0.6) is 0 Å². The number of nitrogens with zero attached hydrogens (tertiary/aromatic N) is 3. The maximum Gasteiger partial charge on any atom is 0.353 e. The van der Waals surface area contributed by atoms with Crippen molar-refractivity contribution in [2.45, 2.75) is 24.9 Å². The molecule has 1 aromatic heterocycles. The molecule has 0 saturated carbocycles. The third-order valence-electron chi connectivity index (χ3n) is 4.52. The van der Waals surface area contributed by atoms with Crippen LogP contribution in [0.1, 0.15) is 18.5 Å². The Kier molecular flexibility index (Phi) is 5.50. The van der Waals surface area contributed by atoms with Gasteiger partial charge in [0.15, 0.2) is 10.8 Å². The number of nitrogens with two attached hydrogens (primary N) is 1. The maximum absolute atomic E-state index is 12.6. The Labute approximate surface area is 168 Å². The maximum atomic E-state index is 12.6. The average molecular weight is 423 g/mol. The Bertz CT molecular complexity index is 953. The monoisotopic (exact) mass is 423 g/mol. The van der Waals surface area contributed by atoms with E-state index >= 15 is 0 Å². The Morgan fingerprint density at radius 1 is 1.41 bits per heavy atom. The third-order valence-corrected chi connectivity index (χ3v) is 5.19. The number of carbonyl (C=O) groups is 4. The molecule has 0 aliphatic carbocycles. The quantitative estimate of drug-likeness (QED) is 0.226. The van der Waals surface area contributed by atoms with Crippen LogP contribution in [0.15, 0.2) is 21.8 Å². The number of anilines is 1. The van der Waals surface area contributed by atoms with Crippen molar-refractivity contribution in [3.8, 4) is 0 Å². The predicted octanol–water partition coefficient (Wildman–Crippen LogP) is -0.923. The summed E-state index contributed by atoms with van der Waals surface area (Å²) < 4.78 is 4.60. The molecule has 1 fully saturated rings. The molecule has 0 unspecified atom stereocenters. The number of nitrogens with one attached hydrogen (secondary N) is 1. The highest BCUT2D eigenvalue weighted by Crippen LogP contribution is 2.37. The van der Waals surface area contributed by atoms with Gasteiger partial charge in [0.1, 0.15) is 24.5 Å². The van der Waals surface area contributed by atoms with Gasteiger partial charge < -0.3 is 25.7 Å². The van der Waals surface area contributed by atoms with E-state index in [1.54, 1.807) is 0 Å². The van der Waals surface area contributed by atoms with Gasteiger partial charge in [-0.3, -0.25) is 14.5 Å². The number of β-lactam (4-membered cyclic amide) rings is 1. The number of aliphatic carboxylic acids is 1. The summed E-state index contributed by atoms with van der Waals surface area (Å²) in [5, 5.41) is 17.4. The zero-order valence-corrected chi connectivity index (χ0v) is 16.2. The van der Waals surface area contributed by atoms with E-state index in [1.807, 2.05) is 0 Å². The largest absolute Gasteiger partial charge is 0.477 e. The van der Waals surface area contributed by atoms with Gasteiger partial charge in [0.2, 0.25) is 0 Å². The van der Waals surface area contributed by atoms with Gasteiger partial charge in [0.25, 0.3) is 11.8 Å². The van der Waals surface area contributed by atoms with E-state index < -0.39 is 41.5 Å². The lowest BCUT2D eigenvalue weighted by atomic mass is 9.83. The zero-order chi connectivity index (χ0) is 21.3. The number of methoxy groups -OCH3 is 1. The molecule has 0 aromatic carbocycles. The number of carboxylic acid groups (broad SMARTS) is 1. The Hall–Kier alpha value is -3.48. The Morgan fingerprint density at radius 3 is 2.69 bits per heavy atom. The molecular weight excluding hydrogens is 406 g/mol. The summed E-state index contributed by atoms with van der Waals surface area (Å²) in [5.41, 5.74) is 5.06. The lowest BCUT2D eigenvalue weighted by Gasteiger charge is -2.49. The fourth-order valence-electron chi connectivity index (χ4n) is 3.29. The van der Waals surface area contributed by atoms with Crippen LogP contribution in [0.4, 0.5) is 5.13 Å². The minimum atomic E-state index is -1.42. The van der Waals surface area contributed by atoms with Gasteiger partial charge in [-0.05, 0) is 12.8 Å². The highest BCUT2D eigenvalue weighted by Gasteiger charge is 2.54. The summed E-state index contributed by atoms with van der Waals surface area (Å²) in [5.74, 6) is -3.62. The molecule has 0 bridgehead atoms. The molecular formula is C16H17N5O7S. The molecule has 0 spiro atoms. The van der Waals surface area contributed by atoms with Crippen LogP contribution < -0.4 is 11.1 Å². The molecule has 13 heteroatoms. The first-order valence-electron chi connectivity index (χ1n) is 8.31. The number of hydrogen-bond acceptors (Lipinski definition) is 10. The molecule has 3 rings (SSSR count). The van der Waals surface area contributed by atoms with Crippen molar-refractivity contribution in [2.24, 2.45) is 5.16 Å². The number of thiazole rings is 1. The minimum absolute atomic E-state index is 0.0889. The summed E-state index contributed by atoms with van der Waals surface area (Å²) in [6, 6.07) is -1.59. The fraction of sp³-hybridized carbons (Fsp3) is 0.375. The van der Waals surface area contributed by atoms with Crippen LogP contribution in [-0.4, -0.2) is 70.8 Å². The number of ether oxygens (including phenoxy) is 1. The molecule has 12 nitrogen and oxygen atoms in total. The molecule has 1 aromatic rings.